The summed E-state index contributed by atoms with van der Waals surface area (Å²) in [5.41, 5.74) is 1.69. The molecular weight excluding hydrogens is 393 g/mol. The lowest BCUT2D eigenvalue weighted by Crippen LogP contribution is -2.48. The largest absolute Gasteiger partial charge is 0.490 e. The van der Waals surface area contributed by atoms with Crippen molar-refractivity contribution in [1.29, 1.82) is 0 Å². The van der Waals surface area contributed by atoms with E-state index in [0.29, 0.717) is 30.8 Å². The van der Waals surface area contributed by atoms with Gasteiger partial charge >= 0.3 is 0 Å². The summed E-state index contributed by atoms with van der Waals surface area (Å²) in [6.45, 7) is 9.56. The number of rotatable bonds is 5. The highest BCUT2D eigenvalue weighted by molar-refractivity contribution is 5.94. The molecule has 0 spiro atoms. The van der Waals surface area contributed by atoms with E-state index in [1.165, 1.54) is 12.1 Å². The van der Waals surface area contributed by atoms with Gasteiger partial charge in [0, 0.05) is 56.6 Å². The number of piperidine rings is 1. The molecule has 0 atom stereocenters. The fourth-order valence-corrected chi connectivity index (χ4v) is 4.38. The van der Waals surface area contributed by atoms with E-state index in [0.717, 1.165) is 50.5 Å². The molecule has 0 aliphatic carbocycles. The molecule has 2 aromatic rings. The zero-order chi connectivity index (χ0) is 21.8. The first-order chi connectivity index (χ1) is 15.0. The number of hydrogen-bond acceptors (Lipinski definition) is 4. The van der Waals surface area contributed by atoms with Crippen LogP contribution in [0.25, 0.3) is 0 Å². The highest BCUT2D eigenvalue weighted by Crippen LogP contribution is 2.24. The Bertz CT molecular complexity index is 853. The van der Waals surface area contributed by atoms with Crippen LogP contribution in [0, 0.1) is 5.82 Å². The van der Waals surface area contributed by atoms with E-state index in [1.54, 1.807) is 12.1 Å². The Labute approximate surface area is 184 Å². The van der Waals surface area contributed by atoms with Gasteiger partial charge in [-0.2, -0.15) is 0 Å². The van der Waals surface area contributed by atoms with Gasteiger partial charge in [0.1, 0.15) is 17.7 Å². The molecular formula is C25H32FN3O2. The number of carbonyl (C=O) groups excluding carboxylic acids is 1. The van der Waals surface area contributed by atoms with Gasteiger partial charge in [0.15, 0.2) is 0 Å². The Hall–Kier alpha value is -2.60. The van der Waals surface area contributed by atoms with Crippen LogP contribution in [0.1, 0.15) is 37.0 Å². The fraction of sp³-hybridized carbons (Fsp3) is 0.480. The van der Waals surface area contributed by atoms with Gasteiger partial charge in [0.25, 0.3) is 5.91 Å². The van der Waals surface area contributed by atoms with Crippen LogP contribution in [-0.2, 0) is 0 Å². The van der Waals surface area contributed by atoms with Gasteiger partial charge in [-0.1, -0.05) is 0 Å². The first-order valence-corrected chi connectivity index (χ1v) is 11.3. The minimum atomic E-state index is -0.324. The molecule has 0 N–H and O–H groups in total. The molecule has 2 aromatic carbocycles. The van der Waals surface area contributed by atoms with Crippen LogP contribution < -0.4 is 9.64 Å². The van der Waals surface area contributed by atoms with Crippen molar-refractivity contribution in [2.75, 3.05) is 44.2 Å². The zero-order valence-corrected chi connectivity index (χ0v) is 18.5. The normalized spacial score (nSPS) is 18.5. The maximum atomic E-state index is 13.1. The molecule has 31 heavy (non-hydrogen) atoms. The Morgan fingerprint density at radius 3 is 2.10 bits per heavy atom. The zero-order valence-electron chi connectivity index (χ0n) is 18.5. The Morgan fingerprint density at radius 2 is 1.52 bits per heavy atom. The molecule has 166 valence electrons. The number of piperazine rings is 1. The van der Waals surface area contributed by atoms with Crippen LogP contribution in [0.3, 0.4) is 0 Å². The Balaban J connectivity index is 1.26. The molecule has 1 amide bonds. The summed E-state index contributed by atoms with van der Waals surface area (Å²) >= 11 is 0. The van der Waals surface area contributed by atoms with E-state index in [-0.39, 0.29) is 11.7 Å². The third-order valence-electron chi connectivity index (χ3n) is 6.37. The van der Waals surface area contributed by atoms with E-state index in [1.807, 2.05) is 4.90 Å². The molecule has 2 aliphatic heterocycles. The molecule has 4 rings (SSSR count). The van der Waals surface area contributed by atoms with Crippen LogP contribution >= 0.6 is 0 Å². The molecule has 0 saturated carbocycles. The van der Waals surface area contributed by atoms with Crippen LogP contribution in [0.2, 0.25) is 0 Å². The minimum absolute atomic E-state index is 0.0353. The number of benzene rings is 2. The lowest BCUT2D eigenvalue weighted by atomic mass is 10.1. The average Bonchev–Trinajstić information content (AvgIpc) is 2.80. The number of hydrogen-bond donors (Lipinski definition) is 0. The second-order valence-electron chi connectivity index (χ2n) is 8.73. The standard InChI is InChI=1S/C25H32FN3O2/c1-19(2)27-13-11-24(12-14-27)31-23-9-7-22(8-10-23)28-15-17-29(18-16-28)25(30)20-3-5-21(26)6-4-20/h3-10,19,24H,11-18H2,1-2H3. The predicted molar refractivity (Wildman–Crippen MR) is 121 cm³/mol. The highest BCUT2D eigenvalue weighted by Gasteiger charge is 2.24. The van der Waals surface area contributed by atoms with Gasteiger partial charge in [-0.25, -0.2) is 4.39 Å². The summed E-state index contributed by atoms with van der Waals surface area (Å²) in [4.78, 5) is 19.2. The van der Waals surface area contributed by atoms with E-state index >= 15 is 0 Å². The van der Waals surface area contributed by atoms with Crippen LogP contribution in [0.5, 0.6) is 5.75 Å². The second kappa shape index (κ2) is 9.69. The average molecular weight is 426 g/mol. The van der Waals surface area contributed by atoms with E-state index < -0.39 is 0 Å². The highest BCUT2D eigenvalue weighted by atomic mass is 19.1. The maximum absolute atomic E-state index is 13.1. The molecule has 2 saturated heterocycles. The molecule has 2 fully saturated rings. The van der Waals surface area contributed by atoms with Crippen molar-refractivity contribution in [3.05, 3.63) is 59.9 Å². The monoisotopic (exact) mass is 425 g/mol. The number of halogens is 1. The van der Waals surface area contributed by atoms with Crippen molar-refractivity contribution < 1.29 is 13.9 Å². The third kappa shape index (κ3) is 5.37. The number of nitrogens with zero attached hydrogens (tertiary/aromatic N) is 3. The van der Waals surface area contributed by atoms with Gasteiger partial charge in [0.2, 0.25) is 0 Å². The number of likely N-dealkylation sites (tertiary alicyclic amines) is 1. The van der Waals surface area contributed by atoms with Gasteiger partial charge in [-0.3, -0.25) is 4.79 Å². The second-order valence-corrected chi connectivity index (χ2v) is 8.73. The Morgan fingerprint density at radius 1 is 0.903 bits per heavy atom. The molecule has 0 aromatic heterocycles. The van der Waals surface area contributed by atoms with Crippen molar-refractivity contribution in [2.45, 2.75) is 38.8 Å². The van der Waals surface area contributed by atoms with E-state index in [4.69, 9.17) is 4.74 Å². The molecule has 2 heterocycles. The van der Waals surface area contributed by atoms with E-state index in [2.05, 4.69) is 47.9 Å². The van der Waals surface area contributed by atoms with E-state index in [9.17, 15) is 9.18 Å². The maximum Gasteiger partial charge on any atom is 0.253 e. The SMILES string of the molecule is CC(C)N1CCC(Oc2ccc(N3CCN(C(=O)c4ccc(F)cc4)CC3)cc2)CC1. The number of carbonyl (C=O) groups is 1. The number of anilines is 1. The Kier molecular flexibility index (Phi) is 6.76. The molecule has 0 radical (unpaired) electrons. The van der Waals surface area contributed by atoms with Gasteiger partial charge in [0.05, 0.1) is 0 Å². The fourth-order valence-electron chi connectivity index (χ4n) is 4.38. The van der Waals surface area contributed by atoms with Crippen LogP contribution in [-0.4, -0.2) is 67.1 Å². The lowest BCUT2D eigenvalue weighted by Gasteiger charge is -2.36. The molecule has 6 heteroatoms. The van der Waals surface area contributed by atoms with Crippen molar-refractivity contribution >= 4 is 11.6 Å². The summed E-state index contributed by atoms with van der Waals surface area (Å²) in [5, 5.41) is 0. The quantitative estimate of drug-likeness (QED) is 0.725. The summed E-state index contributed by atoms with van der Waals surface area (Å²) in [6.07, 6.45) is 2.44. The number of ether oxygens (including phenoxy) is 1. The molecule has 0 bridgehead atoms. The van der Waals surface area contributed by atoms with Gasteiger partial charge in [-0.05, 0) is 75.2 Å². The van der Waals surface area contributed by atoms with Crippen molar-refractivity contribution in [3.8, 4) is 5.75 Å². The summed E-state index contributed by atoms with van der Waals surface area (Å²) in [6, 6.07) is 14.7. The molecule has 0 unspecified atom stereocenters. The van der Waals surface area contributed by atoms with Gasteiger partial charge in [-0.15, -0.1) is 0 Å². The van der Waals surface area contributed by atoms with Crippen molar-refractivity contribution in [1.82, 2.24) is 9.80 Å². The third-order valence-corrected chi connectivity index (χ3v) is 6.37. The first-order valence-electron chi connectivity index (χ1n) is 11.3. The van der Waals surface area contributed by atoms with Crippen molar-refractivity contribution in [3.63, 3.8) is 0 Å². The lowest BCUT2D eigenvalue weighted by molar-refractivity contribution is 0.0746. The molecule has 2 aliphatic rings. The minimum Gasteiger partial charge on any atom is -0.490 e. The summed E-state index contributed by atoms with van der Waals surface area (Å²) in [7, 11) is 0. The summed E-state index contributed by atoms with van der Waals surface area (Å²) < 4.78 is 19.3. The van der Waals surface area contributed by atoms with Crippen LogP contribution in [0.4, 0.5) is 10.1 Å². The van der Waals surface area contributed by atoms with Gasteiger partial charge < -0.3 is 19.4 Å². The molecule has 5 nitrogen and oxygen atoms in total. The topological polar surface area (TPSA) is 36.0 Å². The number of amides is 1. The smallest absolute Gasteiger partial charge is 0.253 e. The first kappa shape index (κ1) is 21.6. The predicted octanol–water partition coefficient (Wildman–Crippen LogP) is 4.04. The summed E-state index contributed by atoms with van der Waals surface area (Å²) in [5.74, 6) is 0.568. The van der Waals surface area contributed by atoms with Crippen molar-refractivity contribution in [2.24, 2.45) is 0 Å². The van der Waals surface area contributed by atoms with Crippen LogP contribution in [0.15, 0.2) is 48.5 Å².